The number of carboxylic acid groups (broad SMARTS) is 1. The van der Waals surface area contributed by atoms with Gasteiger partial charge in [0.2, 0.25) is 11.8 Å². The quantitative estimate of drug-likeness (QED) is 0.517. The SMILES string of the molecule is CC1(C)[C@H](C(=O)O)[C@@H]1C(=O)NOCC(N)=O. The highest BCUT2D eigenvalue weighted by atomic mass is 16.7. The molecule has 90 valence electrons. The molecule has 7 heteroatoms. The van der Waals surface area contributed by atoms with Gasteiger partial charge < -0.3 is 10.8 Å². The average Bonchev–Trinajstić information content (AvgIpc) is 2.68. The van der Waals surface area contributed by atoms with Crippen molar-refractivity contribution in [2.75, 3.05) is 6.61 Å². The van der Waals surface area contributed by atoms with E-state index in [1.807, 2.05) is 5.48 Å². The van der Waals surface area contributed by atoms with Crippen LogP contribution >= 0.6 is 0 Å². The number of carbonyl (C=O) groups is 3. The molecule has 0 unspecified atom stereocenters. The van der Waals surface area contributed by atoms with E-state index in [-0.39, 0.29) is 0 Å². The number of nitrogens with one attached hydrogen (secondary N) is 1. The molecule has 0 radical (unpaired) electrons. The molecule has 0 heterocycles. The molecular formula is C9H14N2O5. The first-order valence-corrected chi connectivity index (χ1v) is 4.71. The second-order valence-electron chi connectivity index (χ2n) is 4.34. The summed E-state index contributed by atoms with van der Waals surface area (Å²) < 4.78 is 0. The van der Waals surface area contributed by atoms with Crippen LogP contribution in [0.2, 0.25) is 0 Å². The summed E-state index contributed by atoms with van der Waals surface area (Å²) >= 11 is 0. The van der Waals surface area contributed by atoms with Gasteiger partial charge in [-0.2, -0.15) is 0 Å². The number of hydroxylamine groups is 1. The Labute approximate surface area is 91.9 Å². The minimum atomic E-state index is -1.01. The first-order valence-electron chi connectivity index (χ1n) is 4.71. The fourth-order valence-corrected chi connectivity index (χ4v) is 1.83. The molecule has 16 heavy (non-hydrogen) atoms. The standard InChI is InChI=1S/C9H14N2O5/c1-9(2)5(6(9)8(14)15)7(13)11-16-3-4(10)12/h5-6H,3H2,1-2H3,(H2,10,12)(H,11,13)(H,14,15)/t5-,6+/m1/s1. The molecule has 1 saturated carbocycles. The maximum atomic E-state index is 11.5. The van der Waals surface area contributed by atoms with Crippen molar-refractivity contribution in [1.29, 1.82) is 0 Å². The van der Waals surface area contributed by atoms with Crippen molar-refractivity contribution in [2.45, 2.75) is 13.8 Å². The number of primary amides is 1. The molecule has 4 N–H and O–H groups in total. The number of aliphatic carboxylic acids is 1. The lowest BCUT2D eigenvalue weighted by Crippen LogP contribution is -2.31. The van der Waals surface area contributed by atoms with Gasteiger partial charge in [-0.05, 0) is 5.41 Å². The molecule has 1 aliphatic rings. The minimum absolute atomic E-state index is 0.434. The van der Waals surface area contributed by atoms with Crippen LogP contribution in [0.3, 0.4) is 0 Å². The first kappa shape index (κ1) is 12.4. The van der Waals surface area contributed by atoms with Crippen LogP contribution in [0, 0.1) is 17.3 Å². The van der Waals surface area contributed by atoms with Gasteiger partial charge in [-0.15, -0.1) is 0 Å². The molecule has 0 saturated heterocycles. The monoisotopic (exact) mass is 230 g/mol. The highest BCUT2D eigenvalue weighted by Crippen LogP contribution is 2.58. The maximum absolute atomic E-state index is 11.5. The smallest absolute Gasteiger partial charge is 0.307 e. The molecule has 2 amide bonds. The van der Waals surface area contributed by atoms with Crippen molar-refractivity contribution in [1.82, 2.24) is 5.48 Å². The fraction of sp³-hybridized carbons (Fsp3) is 0.667. The van der Waals surface area contributed by atoms with Crippen molar-refractivity contribution in [3.8, 4) is 0 Å². The van der Waals surface area contributed by atoms with Crippen LogP contribution in [0.15, 0.2) is 0 Å². The Bertz CT molecular complexity index is 339. The molecule has 2 atom stereocenters. The zero-order valence-corrected chi connectivity index (χ0v) is 9.02. The van der Waals surface area contributed by atoms with Crippen molar-refractivity contribution in [2.24, 2.45) is 23.0 Å². The van der Waals surface area contributed by atoms with E-state index in [0.717, 1.165) is 0 Å². The highest BCUT2D eigenvalue weighted by molar-refractivity contribution is 5.91. The van der Waals surface area contributed by atoms with Gasteiger partial charge in [0, 0.05) is 0 Å². The molecule has 0 aliphatic heterocycles. The summed E-state index contributed by atoms with van der Waals surface area (Å²) in [5.74, 6) is -3.63. The number of carbonyl (C=O) groups excluding carboxylic acids is 2. The predicted octanol–water partition coefficient (Wildman–Crippen LogP) is -1.12. The van der Waals surface area contributed by atoms with E-state index in [0.29, 0.717) is 0 Å². The molecule has 7 nitrogen and oxygen atoms in total. The average molecular weight is 230 g/mol. The first-order chi connectivity index (χ1) is 7.28. The van der Waals surface area contributed by atoms with Crippen molar-refractivity contribution < 1.29 is 24.3 Å². The topological polar surface area (TPSA) is 119 Å². The second-order valence-corrected chi connectivity index (χ2v) is 4.34. The lowest BCUT2D eigenvalue weighted by Gasteiger charge is -2.04. The normalized spacial score (nSPS) is 25.9. The third-order valence-corrected chi connectivity index (χ3v) is 2.76. The summed E-state index contributed by atoms with van der Waals surface area (Å²) in [6, 6.07) is 0. The molecular weight excluding hydrogens is 216 g/mol. The number of carboxylic acids is 1. The Morgan fingerprint density at radius 1 is 1.38 bits per heavy atom. The Morgan fingerprint density at radius 3 is 2.31 bits per heavy atom. The van der Waals surface area contributed by atoms with Gasteiger partial charge in [-0.1, -0.05) is 13.8 Å². The Kier molecular flexibility index (Phi) is 3.18. The summed E-state index contributed by atoms with van der Waals surface area (Å²) in [5.41, 5.74) is 6.21. The zero-order valence-electron chi connectivity index (χ0n) is 9.02. The van der Waals surface area contributed by atoms with Crippen LogP contribution in [0.5, 0.6) is 0 Å². The van der Waals surface area contributed by atoms with E-state index >= 15 is 0 Å². The van der Waals surface area contributed by atoms with E-state index in [1.54, 1.807) is 13.8 Å². The van der Waals surface area contributed by atoms with Crippen LogP contribution < -0.4 is 11.2 Å². The largest absolute Gasteiger partial charge is 0.481 e. The van der Waals surface area contributed by atoms with Crippen LogP contribution in [-0.4, -0.2) is 29.5 Å². The maximum Gasteiger partial charge on any atom is 0.307 e. The van der Waals surface area contributed by atoms with Crippen LogP contribution in [0.4, 0.5) is 0 Å². The summed E-state index contributed by atoms with van der Waals surface area (Å²) in [6.07, 6.45) is 0. The second kappa shape index (κ2) is 4.09. The summed E-state index contributed by atoms with van der Waals surface area (Å²) in [4.78, 5) is 37.1. The van der Waals surface area contributed by atoms with Gasteiger partial charge in [0.05, 0.1) is 11.8 Å². The molecule has 0 bridgehead atoms. The predicted molar refractivity (Wildman–Crippen MR) is 51.7 cm³/mol. The number of hydrogen-bond donors (Lipinski definition) is 3. The van der Waals surface area contributed by atoms with E-state index < -0.39 is 41.6 Å². The van der Waals surface area contributed by atoms with Crippen molar-refractivity contribution >= 4 is 17.8 Å². The van der Waals surface area contributed by atoms with Crippen LogP contribution in [0.1, 0.15) is 13.8 Å². The summed E-state index contributed by atoms with van der Waals surface area (Å²) in [5, 5.41) is 8.83. The van der Waals surface area contributed by atoms with Crippen molar-refractivity contribution in [3.63, 3.8) is 0 Å². The number of rotatable bonds is 5. The van der Waals surface area contributed by atoms with Gasteiger partial charge in [0.1, 0.15) is 0 Å². The summed E-state index contributed by atoms with van der Waals surface area (Å²) in [6.45, 7) is 2.94. The van der Waals surface area contributed by atoms with Gasteiger partial charge in [-0.3, -0.25) is 19.2 Å². The van der Waals surface area contributed by atoms with Gasteiger partial charge in [-0.25, -0.2) is 5.48 Å². The lowest BCUT2D eigenvalue weighted by atomic mass is 10.1. The Hall–Kier alpha value is -1.63. The fourth-order valence-electron chi connectivity index (χ4n) is 1.83. The van der Waals surface area contributed by atoms with Gasteiger partial charge in [0.15, 0.2) is 6.61 Å². The molecule has 1 rings (SSSR count). The van der Waals surface area contributed by atoms with E-state index in [1.165, 1.54) is 0 Å². The Balaban J connectivity index is 2.45. The lowest BCUT2D eigenvalue weighted by molar-refractivity contribution is -0.144. The number of nitrogens with two attached hydrogens (primary N) is 1. The zero-order chi connectivity index (χ0) is 12.5. The van der Waals surface area contributed by atoms with Crippen LogP contribution in [-0.2, 0) is 19.2 Å². The van der Waals surface area contributed by atoms with Crippen LogP contribution in [0.25, 0.3) is 0 Å². The minimum Gasteiger partial charge on any atom is -0.481 e. The van der Waals surface area contributed by atoms with E-state index in [4.69, 9.17) is 10.8 Å². The van der Waals surface area contributed by atoms with Gasteiger partial charge >= 0.3 is 5.97 Å². The molecule has 0 aromatic carbocycles. The number of hydrogen-bond acceptors (Lipinski definition) is 4. The third kappa shape index (κ3) is 2.30. The van der Waals surface area contributed by atoms with Crippen molar-refractivity contribution in [3.05, 3.63) is 0 Å². The molecule has 1 aliphatic carbocycles. The number of amides is 2. The Morgan fingerprint density at radius 2 is 1.94 bits per heavy atom. The summed E-state index contributed by atoms with van der Waals surface area (Å²) in [7, 11) is 0. The van der Waals surface area contributed by atoms with E-state index in [2.05, 4.69) is 4.84 Å². The van der Waals surface area contributed by atoms with Gasteiger partial charge in [0.25, 0.3) is 0 Å². The molecule has 1 fully saturated rings. The van der Waals surface area contributed by atoms with E-state index in [9.17, 15) is 14.4 Å². The highest BCUT2D eigenvalue weighted by Gasteiger charge is 2.66. The molecule has 0 aromatic rings. The molecule has 0 aromatic heterocycles. The third-order valence-electron chi connectivity index (χ3n) is 2.76. The molecule has 0 spiro atoms.